The Morgan fingerprint density at radius 2 is 1.86 bits per heavy atom. The molecule has 0 spiro atoms. The number of hydrogen-bond acceptors (Lipinski definition) is 1. The molecule has 3 rings (SSSR count). The first-order valence-corrected chi connectivity index (χ1v) is 8.10. The van der Waals surface area contributed by atoms with E-state index >= 15 is 0 Å². The molecule has 0 bridgehead atoms. The Kier molecular flexibility index (Phi) is 4.49. The minimum atomic E-state index is 0.0329. The standard InChI is InChI=1S/C19H20ClNO/c1-13-6-8-14(9-7-13)19(15-10-11-15)21-18(22)12-16-4-2-3-5-17(16)20/h2-9,15,19H,10-12H2,1H3,(H,21,22). The third kappa shape index (κ3) is 3.69. The highest BCUT2D eigenvalue weighted by molar-refractivity contribution is 6.31. The molecular weight excluding hydrogens is 294 g/mol. The van der Waals surface area contributed by atoms with Gasteiger partial charge in [0.1, 0.15) is 0 Å². The van der Waals surface area contributed by atoms with E-state index in [2.05, 4.69) is 36.5 Å². The molecule has 22 heavy (non-hydrogen) atoms. The molecule has 1 fully saturated rings. The zero-order chi connectivity index (χ0) is 15.5. The molecule has 3 heteroatoms. The van der Waals surface area contributed by atoms with E-state index < -0.39 is 0 Å². The van der Waals surface area contributed by atoms with Crippen LogP contribution in [0.1, 0.15) is 35.6 Å². The fourth-order valence-corrected chi connectivity index (χ4v) is 2.92. The Morgan fingerprint density at radius 1 is 1.18 bits per heavy atom. The van der Waals surface area contributed by atoms with Crippen LogP contribution in [0.15, 0.2) is 48.5 Å². The number of halogens is 1. The molecular formula is C19H20ClNO. The molecule has 1 amide bonds. The third-order valence-electron chi connectivity index (χ3n) is 4.16. The summed E-state index contributed by atoms with van der Waals surface area (Å²) in [7, 11) is 0. The molecule has 1 saturated carbocycles. The molecule has 114 valence electrons. The minimum Gasteiger partial charge on any atom is -0.349 e. The van der Waals surface area contributed by atoms with Gasteiger partial charge in [0.15, 0.2) is 0 Å². The Labute approximate surface area is 136 Å². The van der Waals surface area contributed by atoms with Gasteiger partial charge in [0.2, 0.25) is 5.91 Å². The van der Waals surface area contributed by atoms with Crippen LogP contribution in [-0.4, -0.2) is 5.91 Å². The van der Waals surface area contributed by atoms with Gasteiger partial charge in [0.05, 0.1) is 12.5 Å². The van der Waals surface area contributed by atoms with Gasteiger partial charge in [0.25, 0.3) is 0 Å². The van der Waals surface area contributed by atoms with E-state index in [9.17, 15) is 4.79 Å². The number of amides is 1. The average Bonchev–Trinajstić information content (AvgIpc) is 3.33. The van der Waals surface area contributed by atoms with Crippen molar-refractivity contribution in [2.75, 3.05) is 0 Å². The third-order valence-corrected chi connectivity index (χ3v) is 4.52. The van der Waals surface area contributed by atoms with E-state index in [1.165, 1.54) is 24.0 Å². The highest BCUT2D eigenvalue weighted by Crippen LogP contribution is 2.41. The minimum absolute atomic E-state index is 0.0329. The van der Waals surface area contributed by atoms with Crippen molar-refractivity contribution in [3.63, 3.8) is 0 Å². The second kappa shape index (κ2) is 6.53. The van der Waals surface area contributed by atoms with Gasteiger partial charge in [-0.05, 0) is 42.9 Å². The zero-order valence-corrected chi connectivity index (χ0v) is 13.4. The first-order valence-electron chi connectivity index (χ1n) is 7.73. The zero-order valence-electron chi connectivity index (χ0n) is 12.7. The lowest BCUT2D eigenvalue weighted by Gasteiger charge is -2.19. The summed E-state index contributed by atoms with van der Waals surface area (Å²) in [4.78, 5) is 12.4. The molecule has 1 N–H and O–H groups in total. The van der Waals surface area contributed by atoms with Crippen LogP contribution < -0.4 is 5.32 Å². The van der Waals surface area contributed by atoms with Crippen molar-refractivity contribution in [3.8, 4) is 0 Å². The van der Waals surface area contributed by atoms with Gasteiger partial charge in [-0.25, -0.2) is 0 Å². The Hall–Kier alpha value is -1.80. The molecule has 0 heterocycles. The number of nitrogens with one attached hydrogen (secondary N) is 1. The largest absolute Gasteiger partial charge is 0.349 e. The predicted octanol–water partition coefficient (Wildman–Crippen LogP) is 4.46. The normalized spacial score (nSPS) is 15.4. The summed E-state index contributed by atoms with van der Waals surface area (Å²) >= 11 is 6.13. The van der Waals surface area contributed by atoms with Crippen LogP contribution in [-0.2, 0) is 11.2 Å². The van der Waals surface area contributed by atoms with E-state index in [4.69, 9.17) is 11.6 Å². The van der Waals surface area contributed by atoms with E-state index in [-0.39, 0.29) is 11.9 Å². The molecule has 2 aromatic carbocycles. The smallest absolute Gasteiger partial charge is 0.224 e. The summed E-state index contributed by atoms with van der Waals surface area (Å²) < 4.78 is 0. The summed E-state index contributed by atoms with van der Waals surface area (Å²) in [5.41, 5.74) is 3.31. The number of rotatable bonds is 5. The van der Waals surface area contributed by atoms with Gasteiger partial charge >= 0.3 is 0 Å². The summed E-state index contributed by atoms with van der Waals surface area (Å²) in [6, 6.07) is 16.1. The second-order valence-corrected chi connectivity index (χ2v) is 6.47. The maximum atomic E-state index is 12.4. The molecule has 0 aromatic heterocycles. The second-order valence-electron chi connectivity index (χ2n) is 6.06. The topological polar surface area (TPSA) is 29.1 Å². The van der Waals surface area contributed by atoms with E-state index in [1.54, 1.807) is 0 Å². The lowest BCUT2D eigenvalue weighted by molar-refractivity contribution is -0.121. The van der Waals surface area contributed by atoms with Crippen LogP contribution >= 0.6 is 11.6 Å². The van der Waals surface area contributed by atoms with Crippen LogP contribution in [0.25, 0.3) is 0 Å². The summed E-state index contributed by atoms with van der Waals surface area (Å²) in [5, 5.41) is 3.84. The van der Waals surface area contributed by atoms with Crippen LogP contribution in [0, 0.1) is 12.8 Å². The molecule has 0 aliphatic heterocycles. The van der Waals surface area contributed by atoms with Crippen LogP contribution in [0.2, 0.25) is 5.02 Å². The van der Waals surface area contributed by atoms with Gasteiger partial charge in [-0.1, -0.05) is 59.6 Å². The van der Waals surface area contributed by atoms with Gasteiger partial charge in [-0.15, -0.1) is 0 Å². The average molecular weight is 314 g/mol. The Bertz CT molecular complexity index is 661. The van der Waals surface area contributed by atoms with Crippen LogP contribution in [0.3, 0.4) is 0 Å². The molecule has 1 aliphatic rings. The lowest BCUT2D eigenvalue weighted by atomic mass is 10.0. The first-order chi connectivity index (χ1) is 10.6. The first kappa shape index (κ1) is 15.1. The molecule has 2 nitrogen and oxygen atoms in total. The molecule has 1 aliphatic carbocycles. The molecule has 2 aromatic rings. The van der Waals surface area contributed by atoms with Gasteiger partial charge in [-0.2, -0.15) is 0 Å². The highest BCUT2D eigenvalue weighted by atomic mass is 35.5. The van der Waals surface area contributed by atoms with Crippen LogP contribution in [0.4, 0.5) is 0 Å². The number of carbonyl (C=O) groups is 1. The Balaban J connectivity index is 1.70. The van der Waals surface area contributed by atoms with Crippen molar-refractivity contribution in [1.82, 2.24) is 5.32 Å². The molecule has 1 atom stereocenters. The lowest BCUT2D eigenvalue weighted by Crippen LogP contribution is -2.31. The van der Waals surface area contributed by atoms with Gasteiger partial charge < -0.3 is 5.32 Å². The Morgan fingerprint density at radius 3 is 2.50 bits per heavy atom. The van der Waals surface area contributed by atoms with E-state index in [1.807, 2.05) is 24.3 Å². The molecule has 1 unspecified atom stereocenters. The quantitative estimate of drug-likeness (QED) is 0.867. The SMILES string of the molecule is Cc1ccc(C(NC(=O)Cc2ccccc2Cl)C2CC2)cc1. The number of aryl methyl sites for hydroxylation is 1. The van der Waals surface area contributed by atoms with Crippen molar-refractivity contribution in [2.45, 2.75) is 32.2 Å². The van der Waals surface area contributed by atoms with Crippen molar-refractivity contribution in [3.05, 3.63) is 70.2 Å². The summed E-state index contributed by atoms with van der Waals surface area (Å²) in [6.07, 6.45) is 2.70. The van der Waals surface area contributed by atoms with Crippen molar-refractivity contribution >= 4 is 17.5 Å². The molecule has 0 radical (unpaired) electrons. The fraction of sp³-hybridized carbons (Fsp3) is 0.316. The number of benzene rings is 2. The fourth-order valence-electron chi connectivity index (χ4n) is 2.72. The van der Waals surface area contributed by atoms with Crippen molar-refractivity contribution < 1.29 is 4.79 Å². The summed E-state index contributed by atoms with van der Waals surface area (Å²) in [5.74, 6) is 0.600. The van der Waals surface area contributed by atoms with Gasteiger partial charge in [0, 0.05) is 5.02 Å². The maximum absolute atomic E-state index is 12.4. The molecule has 0 saturated heterocycles. The monoisotopic (exact) mass is 313 g/mol. The van der Waals surface area contributed by atoms with Crippen LogP contribution in [0.5, 0.6) is 0 Å². The number of hydrogen-bond donors (Lipinski definition) is 1. The van der Waals surface area contributed by atoms with Gasteiger partial charge in [-0.3, -0.25) is 4.79 Å². The maximum Gasteiger partial charge on any atom is 0.224 e. The van der Waals surface area contributed by atoms with E-state index in [0.717, 1.165) is 5.56 Å². The highest BCUT2D eigenvalue weighted by Gasteiger charge is 2.33. The summed E-state index contributed by atoms with van der Waals surface area (Å²) in [6.45, 7) is 2.08. The van der Waals surface area contributed by atoms with Crippen molar-refractivity contribution in [1.29, 1.82) is 0 Å². The van der Waals surface area contributed by atoms with E-state index in [0.29, 0.717) is 17.4 Å². The number of carbonyl (C=O) groups excluding carboxylic acids is 1. The predicted molar refractivity (Wildman–Crippen MR) is 89.9 cm³/mol. The van der Waals surface area contributed by atoms with Crippen molar-refractivity contribution in [2.24, 2.45) is 5.92 Å².